The highest BCUT2D eigenvalue weighted by atomic mass is 35.5. The molecule has 0 unspecified atom stereocenters. The minimum absolute atomic E-state index is 0. The maximum atomic E-state index is 11.8. The second-order valence-corrected chi connectivity index (χ2v) is 5.42. The smallest absolute Gasteiger partial charge is 0.271 e. The van der Waals surface area contributed by atoms with Gasteiger partial charge in [-0.3, -0.25) is 9.89 Å². The largest absolute Gasteiger partial charge is 0.383 e. The maximum Gasteiger partial charge on any atom is 0.271 e. The molecule has 0 saturated heterocycles. The van der Waals surface area contributed by atoms with Crippen LogP contribution >= 0.6 is 12.4 Å². The number of nitrogens with one attached hydrogen (secondary N) is 3. The molecule has 1 heterocycles. The Morgan fingerprint density at radius 3 is 2.60 bits per heavy atom. The number of aromatic amines is 1. The quantitative estimate of drug-likeness (QED) is 0.659. The molecule has 7 heteroatoms. The minimum atomic E-state index is -0.153. The van der Waals surface area contributed by atoms with Gasteiger partial charge in [-0.15, -0.1) is 12.4 Å². The molecule has 1 amide bonds. The van der Waals surface area contributed by atoms with Crippen molar-refractivity contribution in [2.75, 3.05) is 33.4 Å². The van der Waals surface area contributed by atoms with E-state index in [9.17, 15) is 4.79 Å². The summed E-state index contributed by atoms with van der Waals surface area (Å²) in [5.74, 6) is -0.153. The Hall–Kier alpha value is -1.11. The van der Waals surface area contributed by atoms with Crippen molar-refractivity contribution in [2.24, 2.45) is 0 Å². The Bertz CT molecular complexity index is 401. The number of amides is 1. The van der Waals surface area contributed by atoms with E-state index < -0.39 is 0 Å². The van der Waals surface area contributed by atoms with Crippen molar-refractivity contribution in [3.8, 4) is 0 Å². The molecule has 0 fully saturated rings. The zero-order chi connectivity index (χ0) is 14.3. The summed E-state index contributed by atoms with van der Waals surface area (Å²) in [5.41, 5.74) is 1.35. The average molecular weight is 305 g/mol. The lowest BCUT2D eigenvalue weighted by Gasteiger charge is -2.14. The lowest BCUT2D eigenvalue weighted by Crippen LogP contribution is -2.33. The molecule has 1 aromatic heterocycles. The number of halogens is 1. The lowest BCUT2D eigenvalue weighted by molar-refractivity contribution is 0.0948. The van der Waals surface area contributed by atoms with E-state index in [1.165, 1.54) is 0 Å². The van der Waals surface area contributed by atoms with Gasteiger partial charge in [0.05, 0.1) is 6.61 Å². The van der Waals surface area contributed by atoms with E-state index in [2.05, 4.69) is 41.6 Å². The van der Waals surface area contributed by atoms with Crippen LogP contribution in [0.15, 0.2) is 6.07 Å². The van der Waals surface area contributed by atoms with Crippen LogP contribution in [0.25, 0.3) is 0 Å². The van der Waals surface area contributed by atoms with Gasteiger partial charge in [0.25, 0.3) is 5.91 Å². The minimum Gasteiger partial charge on any atom is -0.383 e. The molecule has 20 heavy (non-hydrogen) atoms. The monoisotopic (exact) mass is 304 g/mol. The number of rotatable bonds is 7. The van der Waals surface area contributed by atoms with E-state index in [-0.39, 0.29) is 23.7 Å². The molecule has 6 nitrogen and oxygen atoms in total. The van der Waals surface area contributed by atoms with Crippen LogP contribution in [-0.2, 0) is 10.2 Å². The lowest BCUT2D eigenvalue weighted by atomic mass is 9.92. The van der Waals surface area contributed by atoms with E-state index in [4.69, 9.17) is 4.74 Å². The van der Waals surface area contributed by atoms with Crippen LogP contribution in [0.4, 0.5) is 0 Å². The van der Waals surface area contributed by atoms with E-state index >= 15 is 0 Å². The number of aromatic nitrogens is 2. The van der Waals surface area contributed by atoms with Crippen LogP contribution in [0.1, 0.15) is 37.0 Å². The van der Waals surface area contributed by atoms with Crippen molar-refractivity contribution >= 4 is 18.3 Å². The number of carbonyl (C=O) groups is 1. The Morgan fingerprint density at radius 1 is 1.35 bits per heavy atom. The Labute approximate surface area is 126 Å². The van der Waals surface area contributed by atoms with Crippen LogP contribution in [0.2, 0.25) is 0 Å². The summed E-state index contributed by atoms with van der Waals surface area (Å²) in [5, 5.41) is 12.9. The van der Waals surface area contributed by atoms with Gasteiger partial charge in [-0.2, -0.15) is 5.10 Å². The van der Waals surface area contributed by atoms with Crippen molar-refractivity contribution in [3.63, 3.8) is 0 Å². The Morgan fingerprint density at radius 2 is 2.05 bits per heavy atom. The summed E-state index contributed by atoms with van der Waals surface area (Å²) in [7, 11) is 1.66. The summed E-state index contributed by atoms with van der Waals surface area (Å²) in [6.07, 6.45) is 0. The SMILES string of the molecule is COCCNCCNC(=O)c1cc(C(C)(C)C)[nH]n1.Cl. The maximum absolute atomic E-state index is 11.8. The van der Waals surface area contributed by atoms with Gasteiger partial charge in [-0.25, -0.2) is 0 Å². The normalized spacial score (nSPS) is 11.0. The average Bonchev–Trinajstić information content (AvgIpc) is 2.82. The van der Waals surface area contributed by atoms with Crippen molar-refractivity contribution in [1.82, 2.24) is 20.8 Å². The molecule has 0 radical (unpaired) electrons. The molecule has 0 aliphatic heterocycles. The van der Waals surface area contributed by atoms with Crippen LogP contribution in [0, 0.1) is 0 Å². The summed E-state index contributed by atoms with van der Waals surface area (Å²) < 4.78 is 4.91. The van der Waals surface area contributed by atoms with Crippen molar-refractivity contribution < 1.29 is 9.53 Å². The second kappa shape index (κ2) is 8.94. The third kappa shape index (κ3) is 6.36. The molecular weight excluding hydrogens is 280 g/mol. The number of hydrogen-bond donors (Lipinski definition) is 3. The predicted octanol–water partition coefficient (Wildman–Crippen LogP) is 1.09. The standard InChI is InChI=1S/C13H24N4O2.ClH/c1-13(2,3)11-9-10(16-17-11)12(18)15-6-5-14-7-8-19-4;/h9,14H,5-8H2,1-4H3,(H,15,18)(H,16,17);1H. The van der Waals surface area contributed by atoms with Crippen molar-refractivity contribution in [2.45, 2.75) is 26.2 Å². The van der Waals surface area contributed by atoms with Crippen molar-refractivity contribution in [3.05, 3.63) is 17.5 Å². The summed E-state index contributed by atoms with van der Waals surface area (Å²) >= 11 is 0. The van der Waals surface area contributed by atoms with Gasteiger partial charge in [-0.05, 0) is 6.07 Å². The molecule has 0 atom stereocenters. The number of hydrogen-bond acceptors (Lipinski definition) is 4. The van der Waals surface area contributed by atoms with Gasteiger partial charge in [0.2, 0.25) is 0 Å². The number of nitrogens with zero attached hydrogens (tertiary/aromatic N) is 1. The molecule has 3 N–H and O–H groups in total. The number of methoxy groups -OCH3 is 1. The molecular formula is C13H25ClN4O2. The van der Waals surface area contributed by atoms with Crippen molar-refractivity contribution in [1.29, 1.82) is 0 Å². The van der Waals surface area contributed by atoms with Gasteiger partial charge >= 0.3 is 0 Å². The second-order valence-electron chi connectivity index (χ2n) is 5.42. The molecule has 0 aliphatic rings. The highest BCUT2D eigenvalue weighted by Crippen LogP contribution is 2.19. The zero-order valence-corrected chi connectivity index (χ0v) is 13.4. The first kappa shape index (κ1) is 18.9. The summed E-state index contributed by atoms with van der Waals surface area (Å²) in [6.45, 7) is 8.95. The molecule has 0 saturated carbocycles. The highest BCUT2D eigenvalue weighted by molar-refractivity contribution is 5.92. The van der Waals surface area contributed by atoms with E-state index in [1.807, 2.05) is 0 Å². The van der Waals surface area contributed by atoms with E-state index in [0.29, 0.717) is 25.4 Å². The molecule has 0 bridgehead atoms. The fourth-order valence-corrected chi connectivity index (χ4v) is 1.48. The van der Waals surface area contributed by atoms with Gasteiger partial charge < -0.3 is 15.4 Å². The molecule has 0 aromatic carbocycles. The van der Waals surface area contributed by atoms with Gasteiger partial charge in [-0.1, -0.05) is 20.8 Å². The fraction of sp³-hybridized carbons (Fsp3) is 0.692. The van der Waals surface area contributed by atoms with Crippen LogP contribution in [0.3, 0.4) is 0 Å². The summed E-state index contributed by atoms with van der Waals surface area (Å²) in [4.78, 5) is 11.8. The van der Waals surface area contributed by atoms with Crippen LogP contribution in [0.5, 0.6) is 0 Å². The Kier molecular flexibility index (Phi) is 8.45. The predicted molar refractivity (Wildman–Crippen MR) is 81.6 cm³/mol. The van der Waals surface area contributed by atoms with Crippen LogP contribution in [-0.4, -0.2) is 49.5 Å². The number of carbonyl (C=O) groups excluding carboxylic acids is 1. The first-order valence-electron chi connectivity index (χ1n) is 6.49. The van der Waals surface area contributed by atoms with Crippen LogP contribution < -0.4 is 10.6 Å². The third-order valence-electron chi connectivity index (χ3n) is 2.69. The first-order valence-corrected chi connectivity index (χ1v) is 6.49. The zero-order valence-electron chi connectivity index (χ0n) is 12.6. The van der Waals surface area contributed by atoms with Gasteiger partial charge in [0.15, 0.2) is 0 Å². The third-order valence-corrected chi connectivity index (χ3v) is 2.69. The Balaban J connectivity index is 0.00000361. The molecule has 0 spiro atoms. The molecule has 1 aromatic rings. The highest BCUT2D eigenvalue weighted by Gasteiger charge is 2.18. The first-order chi connectivity index (χ1) is 8.95. The molecule has 116 valence electrons. The van der Waals surface area contributed by atoms with Gasteiger partial charge in [0.1, 0.15) is 5.69 Å². The molecule has 0 aliphatic carbocycles. The topological polar surface area (TPSA) is 79.0 Å². The number of ether oxygens (including phenoxy) is 1. The number of H-pyrrole nitrogens is 1. The molecule has 1 rings (SSSR count). The van der Waals surface area contributed by atoms with E-state index in [1.54, 1.807) is 13.2 Å². The van der Waals surface area contributed by atoms with Gasteiger partial charge in [0, 0.05) is 37.9 Å². The van der Waals surface area contributed by atoms with E-state index in [0.717, 1.165) is 12.2 Å². The summed E-state index contributed by atoms with van der Waals surface area (Å²) in [6, 6.07) is 1.80. The fourth-order valence-electron chi connectivity index (χ4n) is 1.48.